The van der Waals surface area contributed by atoms with Crippen LogP contribution in [0.15, 0.2) is 77.6 Å². The van der Waals surface area contributed by atoms with Crippen molar-refractivity contribution in [2.75, 3.05) is 7.11 Å². The van der Waals surface area contributed by atoms with Crippen molar-refractivity contribution in [2.24, 2.45) is 0 Å². The average molecular weight is 456 g/mol. The quantitative estimate of drug-likeness (QED) is 0.383. The van der Waals surface area contributed by atoms with Gasteiger partial charge < -0.3 is 9.47 Å². The van der Waals surface area contributed by atoms with E-state index in [1.807, 2.05) is 85.8 Å². The number of aryl methyl sites for hydroxylation is 1. The molecule has 0 N–H and O–H groups in total. The first-order chi connectivity index (χ1) is 16.1. The second-order valence-electron chi connectivity index (χ2n) is 7.56. The second-order valence-corrected chi connectivity index (χ2v) is 8.57. The third kappa shape index (κ3) is 4.10. The van der Waals surface area contributed by atoms with Crippen molar-refractivity contribution in [1.29, 1.82) is 0 Å². The van der Waals surface area contributed by atoms with Gasteiger partial charge in [-0.25, -0.2) is 4.40 Å². The normalized spacial score (nSPS) is 11.8. The fraction of sp³-hybridized carbons (Fsp3) is 0.115. The van der Waals surface area contributed by atoms with Crippen molar-refractivity contribution in [2.45, 2.75) is 13.5 Å². The van der Waals surface area contributed by atoms with E-state index in [4.69, 9.17) is 9.47 Å². The maximum Gasteiger partial charge on any atom is 0.276 e. The minimum Gasteiger partial charge on any atom is -0.493 e. The summed E-state index contributed by atoms with van der Waals surface area (Å²) in [6.45, 7) is 2.44. The van der Waals surface area contributed by atoms with Crippen molar-refractivity contribution in [3.8, 4) is 22.9 Å². The van der Waals surface area contributed by atoms with Gasteiger partial charge in [-0.15, -0.1) is 10.2 Å². The summed E-state index contributed by atoms with van der Waals surface area (Å²) in [5.74, 6) is 1.81. The Kier molecular flexibility index (Phi) is 5.62. The van der Waals surface area contributed by atoms with Crippen molar-refractivity contribution in [3.05, 3.63) is 104 Å². The van der Waals surface area contributed by atoms with Crippen molar-refractivity contribution in [1.82, 2.24) is 14.6 Å². The topological polar surface area (TPSA) is 65.7 Å². The zero-order valence-corrected chi connectivity index (χ0v) is 19.0. The Morgan fingerprint density at radius 3 is 2.55 bits per heavy atom. The lowest BCUT2D eigenvalue weighted by Crippen LogP contribution is -2.23. The number of aromatic nitrogens is 3. The molecule has 164 valence electrons. The molecule has 3 aromatic carbocycles. The van der Waals surface area contributed by atoms with E-state index in [0.29, 0.717) is 33.4 Å². The van der Waals surface area contributed by atoms with E-state index in [1.54, 1.807) is 11.5 Å². The third-order valence-corrected chi connectivity index (χ3v) is 6.32. The molecule has 5 rings (SSSR count). The molecule has 0 unspecified atom stereocenters. The molecular formula is C26H21N3O3S. The van der Waals surface area contributed by atoms with Crippen molar-refractivity contribution < 1.29 is 9.47 Å². The zero-order chi connectivity index (χ0) is 22.8. The van der Waals surface area contributed by atoms with Gasteiger partial charge in [-0.05, 0) is 41.8 Å². The molecule has 2 aromatic heterocycles. The summed E-state index contributed by atoms with van der Waals surface area (Å²) < 4.78 is 13.6. The molecule has 0 radical (unpaired) electrons. The first-order valence-electron chi connectivity index (χ1n) is 10.4. The number of rotatable bonds is 6. The van der Waals surface area contributed by atoms with E-state index in [9.17, 15) is 4.79 Å². The number of nitrogens with zero attached hydrogens (tertiary/aromatic N) is 3. The second kappa shape index (κ2) is 8.88. The molecule has 0 bridgehead atoms. The van der Waals surface area contributed by atoms with Gasteiger partial charge in [0.15, 0.2) is 17.3 Å². The number of benzene rings is 3. The summed E-state index contributed by atoms with van der Waals surface area (Å²) >= 11 is 1.31. The van der Waals surface area contributed by atoms with Crippen LogP contribution < -0.4 is 19.6 Å². The smallest absolute Gasteiger partial charge is 0.276 e. The highest BCUT2D eigenvalue weighted by Gasteiger charge is 2.15. The van der Waals surface area contributed by atoms with E-state index in [2.05, 4.69) is 10.2 Å². The van der Waals surface area contributed by atoms with Gasteiger partial charge in [-0.3, -0.25) is 4.79 Å². The van der Waals surface area contributed by atoms with Gasteiger partial charge in [0.05, 0.1) is 11.6 Å². The minimum atomic E-state index is -0.137. The van der Waals surface area contributed by atoms with Crippen LogP contribution >= 0.6 is 11.3 Å². The van der Waals surface area contributed by atoms with Gasteiger partial charge in [0.25, 0.3) is 5.56 Å². The van der Waals surface area contributed by atoms with Gasteiger partial charge >= 0.3 is 0 Å². The van der Waals surface area contributed by atoms with Crippen LogP contribution in [-0.2, 0) is 6.61 Å². The van der Waals surface area contributed by atoms with Crippen LogP contribution in [0.5, 0.6) is 11.5 Å². The SMILES string of the molecule is COc1cc(/C=c2/sc3nnc(-c4ccccc4C)n3c2=O)ccc1OCc1ccccc1. The molecule has 0 atom stereocenters. The summed E-state index contributed by atoms with van der Waals surface area (Å²) in [5.41, 5.74) is 3.71. The molecule has 7 heteroatoms. The Hall–Kier alpha value is -3.97. The maximum atomic E-state index is 13.2. The lowest BCUT2D eigenvalue weighted by Gasteiger charge is -2.11. The predicted molar refractivity (Wildman–Crippen MR) is 130 cm³/mol. The summed E-state index contributed by atoms with van der Waals surface area (Å²) in [6.07, 6.45) is 1.84. The molecule has 6 nitrogen and oxygen atoms in total. The molecule has 33 heavy (non-hydrogen) atoms. The van der Waals surface area contributed by atoms with E-state index in [-0.39, 0.29) is 5.56 Å². The Balaban J connectivity index is 1.49. The predicted octanol–water partition coefficient (Wildman–Crippen LogP) is 4.26. The molecule has 0 aliphatic carbocycles. The summed E-state index contributed by atoms with van der Waals surface area (Å²) in [7, 11) is 1.60. The van der Waals surface area contributed by atoms with Gasteiger partial charge in [0.2, 0.25) is 4.96 Å². The van der Waals surface area contributed by atoms with E-state index in [0.717, 1.165) is 22.3 Å². The highest BCUT2D eigenvalue weighted by molar-refractivity contribution is 7.15. The monoisotopic (exact) mass is 455 g/mol. The van der Waals surface area contributed by atoms with Gasteiger partial charge in [-0.2, -0.15) is 0 Å². The molecule has 2 heterocycles. The van der Waals surface area contributed by atoms with E-state index in [1.165, 1.54) is 11.3 Å². The molecule has 0 saturated heterocycles. The standard InChI is InChI=1S/C26H21N3O3S/c1-17-8-6-7-11-20(17)24-27-28-26-29(24)25(30)23(33-26)15-19-12-13-21(22(14-19)31-2)32-16-18-9-4-3-5-10-18/h3-15H,16H2,1-2H3/b23-15+. The minimum absolute atomic E-state index is 0.137. The summed E-state index contributed by atoms with van der Waals surface area (Å²) in [6, 6.07) is 23.4. The third-order valence-electron chi connectivity index (χ3n) is 5.36. The molecule has 5 aromatic rings. The Bertz CT molecular complexity index is 1540. The van der Waals surface area contributed by atoms with E-state index >= 15 is 0 Å². The Morgan fingerprint density at radius 1 is 0.970 bits per heavy atom. The lowest BCUT2D eigenvalue weighted by atomic mass is 10.1. The van der Waals surface area contributed by atoms with Crippen molar-refractivity contribution in [3.63, 3.8) is 0 Å². The zero-order valence-electron chi connectivity index (χ0n) is 18.2. The maximum absolute atomic E-state index is 13.2. The molecule has 0 fully saturated rings. The fourth-order valence-corrected chi connectivity index (χ4v) is 4.55. The molecule has 0 saturated carbocycles. The molecule has 0 aliphatic heterocycles. The number of fused-ring (bicyclic) bond motifs is 1. The van der Waals surface area contributed by atoms with E-state index < -0.39 is 0 Å². The van der Waals surface area contributed by atoms with Crippen LogP contribution in [0.2, 0.25) is 0 Å². The van der Waals surface area contributed by atoms with Gasteiger partial charge in [0, 0.05) is 5.56 Å². The lowest BCUT2D eigenvalue weighted by molar-refractivity contribution is 0.284. The van der Waals surface area contributed by atoms with Gasteiger partial charge in [-0.1, -0.05) is 72.0 Å². The first-order valence-corrected chi connectivity index (χ1v) is 11.3. The van der Waals surface area contributed by atoms with Crippen LogP contribution in [0, 0.1) is 6.92 Å². The summed E-state index contributed by atoms with van der Waals surface area (Å²) in [4.78, 5) is 13.8. The first kappa shape index (κ1) is 20.9. The fourth-order valence-electron chi connectivity index (χ4n) is 3.64. The van der Waals surface area contributed by atoms with Crippen LogP contribution in [-0.4, -0.2) is 21.7 Å². The van der Waals surface area contributed by atoms with Crippen LogP contribution in [0.25, 0.3) is 22.4 Å². The van der Waals surface area contributed by atoms with Crippen LogP contribution in [0.3, 0.4) is 0 Å². The number of hydrogen-bond donors (Lipinski definition) is 0. The van der Waals surface area contributed by atoms with Crippen LogP contribution in [0.1, 0.15) is 16.7 Å². The van der Waals surface area contributed by atoms with Crippen molar-refractivity contribution >= 4 is 22.4 Å². The number of ether oxygens (including phenoxy) is 2. The molecular weight excluding hydrogens is 434 g/mol. The number of methoxy groups -OCH3 is 1. The average Bonchev–Trinajstić information content (AvgIpc) is 3.39. The highest BCUT2D eigenvalue weighted by atomic mass is 32.1. The molecule has 0 spiro atoms. The Labute approximate surface area is 194 Å². The van der Waals surface area contributed by atoms with Gasteiger partial charge in [0.1, 0.15) is 6.61 Å². The molecule has 0 aliphatic rings. The number of thiazole rings is 1. The highest BCUT2D eigenvalue weighted by Crippen LogP contribution is 2.29. The van der Waals surface area contributed by atoms with Crippen LogP contribution in [0.4, 0.5) is 0 Å². The largest absolute Gasteiger partial charge is 0.493 e. The molecule has 0 amide bonds. The summed E-state index contributed by atoms with van der Waals surface area (Å²) in [5, 5.41) is 8.48. The Morgan fingerprint density at radius 2 is 1.76 bits per heavy atom. The number of hydrogen-bond acceptors (Lipinski definition) is 6.